The van der Waals surface area contributed by atoms with E-state index in [4.69, 9.17) is 0 Å². The minimum atomic E-state index is 0.268. The van der Waals surface area contributed by atoms with E-state index in [-0.39, 0.29) is 5.92 Å². The van der Waals surface area contributed by atoms with Crippen LogP contribution in [0.3, 0.4) is 0 Å². The molecule has 2 fully saturated rings. The number of hydrogen-bond donors (Lipinski definition) is 0. The van der Waals surface area contributed by atoms with E-state index in [1.165, 1.54) is 32.1 Å². The average Bonchev–Trinajstić information content (AvgIpc) is 3.00. The Morgan fingerprint density at radius 1 is 1.12 bits per heavy atom. The Balaban J connectivity index is 1.47. The van der Waals surface area contributed by atoms with Crippen LogP contribution in [-0.4, -0.2) is 43.6 Å². The van der Waals surface area contributed by atoms with Gasteiger partial charge < -0.3 is 4.90 Å². The number of carbonyl (C=O) groups is 1. The van der Waals surface area contributed by atoms with Crippen LogP contribution in [0.4, 0.5) is 0 Å². The van der Waals surface area contributed by atoms with E-state index < -0.39 is 0 Å². The first-order valence-corrected chi connectivity index (χ1v) is 9.64. The first kappa shape index (κ1) is 16.5. The summed E-state index contributed by atoms with van der Waals surface area (Å²) >= 11 is 0. The summed E-state index contributed by atoms with van der Waals surface area (Å²) in [4.78, 5) is 23.7. The fraction of sp³-hybridized carbons (Fsp3) is 0.684. The third kappa shape index (κ3) is 3.39. The van der Waals surface area contributed by atoms with Crippen LogP contribution < -0.4 is 0 Å². The summed E-state index contributed by atoms with van der Waals surface area (Å²) in [6, 6.07) is 0. The predicted molar refractivity (Wildman–Crippen MR) is 96.1 cm³/mol. The molecular weight excluding hydrogens is 314 g/mol. The number of rotatable bonds is 3. The van der Waals surface area contributed by atoms with Gasteiger partial charge in [0.15, 0.2) is 5.65 Å². The van der Waals surface area contributed by atoms with Crippen molar-refractivity contribution in [2.75, 3.05) is 13.1 Å². The summed E-state index contributed by atoms with van der Waals surface area (Å²) in [5.74, 6) is 1.20. The number of hydrogen-bond acceptors (Lipinski definition) is 4. The molecule has 0 bridgehead atoms. The molecule has 134 valence electrons. The van der Waals surface area contributed by atoms with Crippen LogP contribution >= 0.6 is 0 Å². The van der Waals surface area contributed by atoms with Gasteiger partial charge in [0.25, 0.3) is 0 Å². The number of aromatic nitrogens is 4. The second-order valence-corrected chi connectivity index (χ2v) is 7.62. The first-order chi connectivity index (χ1) is 12.2. The molecule has 2 aliphatic rings. The predicted octanol–water partition coefficient (Wildman–Crippen LogP) is 3.04. The molecule has 1 saturated carbocycles. The van der Waals surface area contributed by atoms with Crippen LogP contribution in [0.25, 0.3) is 11.2 Å². The van der Waals surface area contributed by atoms with Crippen LogP contribution in [0.5, 0.6) is 0 Å². The van der Waals surface area contributed by atoms with Crippen LogP contribution in [-0.2, 0) is 11.8 Å². The van der Waals surface area contributed by atoms with Crippen molar-refractivity contribution in [2.24, 2.45) is 13.0 Å². The van der Waals surface area contributed by atoms with Crippen LogP contribution in [0.15, 0.2) is 12.4 Å². The Bertz CT molecular complexity index is 749. The molecule has 0 spiro atoms. The Morgan fingerprint density at radius 3 is 2.76 bits per heavy atom. The van der Waals surface area contributed by atoms with Crippen molar-refractivity contribution < 1.29 is 4.79 Å². The number of piperidine rings is 1. The molecule has 4 rings (SSSR count). The van der Waals surface area contributed by atoms with E-state index in [0.717, 1.165) is 49.2 Å². The number of nitrogens with zero attached hydrogens (tertiary/aromatic N) is 5. The topological polar surface area (TPSA) is 63.9 Å². The molecule has 1 atom stereocenters. The van der Waals surface area contributed by atoms with Gasteiger partial charge in [0.05, 0.1) is 5.69 Å². The number of amides is 1. The van der Waals surface area contributed by atoms with Gasteiger partial charge in [-0.1, -0.05) is 19.3 Å². The van der Waals surface area contributed by atoms with Gasteiger partial charge in [-0.3, -0.25) is 4.79 Å². The van der Waals surface area contributed by atoms with E-state index in [2.05, 4.69) is 20.0 Å². The molecule has 1 aliphatic carbocycles. The standard InChI is InChI=1S/C19H27N5O/c1-23-19-18(20-9-10-21-19)17(22-23)15-8-5-11-24(13-15)16(25)12-14-6-3-2-4-7-14/h9-10,14-15H,2-8,11-13H2,1H3. The molecule has 0 radical (unpaired) electrons. The summed E-state index contributed by atoms with van der Waals surface area (Å²) in [6.45, 7) is 1.66. The molecule has 6 heteroatoms. The maximum absolute atomic E-state index is 12.8. The maximum Gasteiger partial charge on any atom is 0.222 e. The summed E-state index contributed by atoms with van der Waals surface area (Å²) in [5, 5.41) is 4.68. The summed E-state index contributed by atoms with van der Waals surface area (Å²) in [6.07, 6.45) is 12.6. The zero-order valence-corrected chi connectivity index (χ0v) is 15.0. The van der Waals surface area contributed by atoms with Crippen LogP contribution in [0, 0.1) is 5.92 Å². The van der Waals surface area contributed by atoms with Crippen LogP contribution in [0.1, 0.15) is 63.0 Å². The quantitative estimate of drug-likeness (QED) is 0.861. The van der Waals surface area contributed by atoms with Crippen molar-refractivity contribution in [2.45, 2.75) is 57.3 Å². The third-order valence-electron chi connectivity index (χ3n) is 5.83. The van der Waals surface area contributed by atoms with E-state index in [0.29, 0.717) is 11.8 Å². The number of fused-ring (bicyclic) bond motifs is 1. The van der Waals surface area contributed by atoms with Crippen molar-refractivity contribution in [1.29, 1.82) is 0 Å². The Hall–Kier alpha value is -1.98. The van der Waals surface area contributed by atoms with Gasteiger partial charge >= 0.3 is 0 Å². The second kappa shape index (κ2) is 7.10. The molecule has 0 aromatic carbocycles. The highest BCUT2D eigenvalue weighted by Gasteiger charge is 2.30. The number of likely N-dealkylation sites (tertiary alicyclic amines) is 1. The third-order valence-corrected chi connectivity index (χ3v) is 5.83. The summed E-state index contributed by atoms with van der Waals surface area (Å²) in [7, 11) is 1.91. The van der Waals surface area contributed by atoms with E-state index >= 15 is 0 Å². The Labute approximate surface area is 148 Å². The van der Waals surface area contributed by atoms with Crippen molar-refractivity contribution in [1.82, 2.24) is 24.6 Å². The van der Waals surface area contributed by atoms with Crippen molar-refractivity contribution in [3.63, 3.8) is 0 Å². The van der Waals surface area contributed by atoms with Gasteiger partial charge in [0.2, 0.25) is 5.91 Å². The minimum Gasteiger partial charge on any atom is -0.342 e. The number of carbonyl (C=O) groups excluding carboxylic acids is 1. The van der Waals surface area contributed by atoms with Gasteiger partial charge in [0, 0.05) is 44.9 Å². The lowest BCUT2D eigenvalue weighted by molar-refractivity contribution is -0.133. The van der Waals surface area contributed by atoms with Gasteiger partial charge in [-0.2, -0.15) is 5.10 Å². The Morgan fingerprint density at radius 2 is 1.92 bits per heavy atom. The maximum atomic E-state index is 12.8. The smallest absolute Gasteiger partial charge is 0.222 e. The van der Waals surface area contributed by atoms with Crippen molar-refractivity contribution >= 4 is 17.1 Å². The SMILES string of the molecule is Cn1nc(C2CCCN(C(=O)CC3CCCCC3)C2)c2nccnc21. The first-order valence-electron chi connectivity index (χ1n) is 9.64. The van der Waals surface area contributed by atoms with E-state index in [1.54, 1.807) is 17.1 Å². The highest BCUT2D eigenvalue weighted by molar-refractivity contribution is 5.77. The lowest BCUT2D eigenvalue weighted by Crippen LogP contribution is -2.40. The van der Waals surface area contributed by atoms with Crippen molar-refractivity contribution in [3.8, 4) is 0 Å². The molecule has 1 amide bonds. The fourth-order valence-electron chi connectivity index (χ4n) is 4.47. The Kier molecular flexibility index (Phi) is 4.68. The van der Waals surface area contributed by atoms with Gasteiger partial charge in [-0.15, -0.1) is 0 Å². The minimum absolute atomic E-state index is 0.268. The molecule has 1 aliphatic heterocycles. The normalized spacial score (nSPS) is 22.4. The monoisotopic (exact) mass is 341 g/mol. The average molecular weight is 341 g/mol. The highest BCUT2D eigenvalue weighted by atomic mass is 16.2. The zero-order chi connectivity index (χ0) is 17.2. The van der Waals surface area contributed by atoms with Crippen LogP contribution in [0.2, 0.25) is 0 Å². The lowest BCUT2D eigenvalue weighted by Gasteiger charge is -2.33. The van der Waals surface area contributed by atoms with E-state index in [9.17, 15) is 4.79 Å². The molecule has 25 heavy (non-hydrogen) atoms. The molecule has 0 N–H and O–H groups in total. The van der Waals surface area contributed by atoms with Gasteiger partial charge in [-0.25, -0.2) is 14.6 Å². The molecule has 2 aromatic rings. The fourth-order valence-corrected chi connectivity index (χ4v) is 4.47. The molecule has 1 saturated heterocycles. The zero-order valence-electron chi connectivity index (χ0n) is 15.0. The molecule has 2 aromatic heterocycles. The van der Waals surface area contributed by atoms with Gasteiger partial charge in [0.1, 0.15) is 5.52 Å². The summed E-state index contributed by atoms with van der Waals surface area (Å²) in [5.41, 5.74) is 2.71. The molecular formula is C19H27N5O. The van der Waals surface area contributed by atoms with Gasteiger partial charge in [-0.05, 0) is 31.6 Å². The lowest BCUT2D eigenvalue weighted by atomic mass is 9.86. The molecule has 1 unspecified atom stereocenters. The molecule has 3 heterocycles. The largest absolute Gasteiger partial charge is 0.342 e. The summed E-state index contributed by atoms with van der Waals surface area (Å²) < 4.78 is 1.81. The second-order valence-electron chi connectivity index (χ2n) is 7.62. The number of aryl methyl sites for hydroxylation is 1. The van der Waals surface area contributed by atoms with Crippen molar-refractivity contribution in [3.05, 3.63) is 18.1 Å². The van der Waals surface area contributed by atoms with E-state index in [1.807, 2.05) is 7.05 Å². The highest BCUT2D eigenvalue weighted by Crippen LogP contribution is 2.31. The molecule has 6 nitrogen and oxygen atoms in total.